The molecule has 1 heterocycles. The third-order valence-corrected chi connectivity index (χ3v) is 6.59. The van der Waals surface area contributed by atoms with E-state index in [4.69, 9.17) is 4.99 Å². The number of nitrogens with one attached hydrogen (secondary N) is 2. The Morgan fingerprint density at radius 1 is 0.895 bits per heavy atom. The number of rotatable bonds is 10. The smallest absolute Gasteiger partial charge is 0.316 e. The normalized spacial score (nSPS) is 14.8. The molecule has 2 N–H and O–H groups in total. The summed E-state index contributed by atoms with van der Waals surface area (Å²) < 4.78 is 0. The van der Waals surface area contributed by atoms with Gasteiger partial charge in [-0.15, -0.1) is 0 Å². The second kappa shape index (κ2) is 12.8. The minimum atomic E-state index is -1.20. The van der Waals surface area contributed by atoms with Gasteiger partial charge in [-0.1, -0.05) is 99.0 Å². The highest BCUT2D eigenvalue weighted by Crippen LogP contribution is 2.28. The fraction of sp³-hybridized carbons (Fsp3) is 0.290. The third-order valence-electron chi connectivity index (χ3n) is 6.59. The van der Waals surface area contributed by atoms with E-state index in [1.165, 1.54) is 4.90 Å². The summed E-state index contributed by atoms with van der Waals surface area (Å²) in [5.41, 5.74) is 4.08. The molecule has 0 radical (unpaired) electrons. The highest BCUT2D eigenvalue weighted by atomic mass is 16.2. The second-order valence-electron chi connectivity index (χ2n) is 9.39. The summed E-state index contributed by atoms with van der Waals surface area (Å²) in [6.45, 7) is 4.35. The first kappa shape index (κ1) is 26.8. The van der Waals surface area contributed by atoms with E-state index >= 15 is 0 Å². The lowest BCUT2D eigenvalue weighted by molar-refractivity contribution is -0.120. The van der Waals surface area contributed by atoms with Crippen molar-refractivity contribution in [3.63, 3.8) is 0 Å². The molecule has 38 heavy (non-hydrogen) atoms. The lowest BCUT2D eigenvalue weighted by Crippen LogP contribution is -2.51. The van der Waals surface area contributed by atoms with Gasteiger partial charge in [0.15, 0.2) is 5.78 Å². The number of urea groups is 1. The van der Waals surface area contributed by atoms with Gasteiger partial charge >= 0.3 is 6.03 Å². The van der Waals surface area contributed by atoms with E-state index in [0.29, 0.717) is 29.1 Å². The van der Waals surface area contributed by atoms with Crippen LogP contribution in [0.5, 0.6) is 0 Å². The Morgan fingerprint density at radius 3 is 2.37 bits per heavy atom. The topological polar surface area (TPSA) is 90.9 Å². The number of benzene rings is 3. The third kappa shape index (κ3) is 6.35. The van der Waals surface area contributed by atoms with Gasteiger partial charge in [-0.3, -0.25) is 9.59 Å². The predicted molar refractivity (Wildman–Crippen MR) is 151 cm³/mol. The molecular formula is C31H34N4O3. The molecule has 0 spiro atoms. The average molecular weight is 511 g/mol. The van der Waals surface area contributed by atoms with Crippen LogP contribution in [0.2, 0.25) is 0 Å². The van der Waals surface area contributed by atoms with Crippen LogP contribution in [0.4, 0.5) is 10.5 Å². The number of carbonyl (C=O) groups is 3. The lowest BCUT2D eigenvalue weighted by atomic mass is 9.99. The summed E-state index contributed by atoms with van der Waals surface area (Å²) in [4.78, 5) is 46.3. The van der Waals surface area contributed by atoms with Crippen LogP contribution in [-0.2, 0) is 4.79 Å². The number of para-hydroxylation sites is 1. The maximum atomic E-state index is 13.9. The number of fused-ring (bicyclic) bond motifs is 1. The first-order valence-corrected chi connectivity index (χ1v) is 13.2. The Bertz CT molecular complexity index is 1320. The van der Waals surface area contributed by atoms with Crippen molar-refractivity contribution < 1.29 is 14.4 Å². The summed E-state index contributed by atoms with van der Waals surface area (Å²) in [6, 6.07) is 23.8. The minimum absolute atomic E-state index is 0.172. The van der Waals surface area contributed by atoms with Crippen molar-refractivity contribution in [1.29, 1.82) is 0 Å². The molecule has 7 nitrogen and oxygen atoms in total. The van der Waals surface area contributed by atoms with Crippen LogP contribution in [0.25, 0.3) is 0 Å². The standard InChI is InChI=1S/C31H34N4O3/c1-3-4-5-13-20-32-31(38)34-29-30(37)35(21-27(36)24-17-10-9-14-22(24)2)26-19-12-11-18-25(26)28(33-29)23-15-7-6-8-16-23/h6-12,14-19,29H,3-5,13,20-21H2,1-2H3,(H2,32,34,38). The Labute approximate surface area is 224 Å². The first-order valence-electron chi connectivity index (χ1n) is 13.2. The van der Waals surface area contributed by atoms with E-state index < -0.39 is 18.1 Å². The summed E-state index contributed by atoms with van der Waals surface area (Å²) in [7, 11) is 0. The van der Waals surface area contributed by atoms with E-state index in [9.17, 15) is 14.4 Å². The predicted octanol–water partition coefficient (Wildman–Crippen LogP) is 5.27. The number of Topliss-reactive ketones (excluding diaryl/α,β-unsaturated/α-hetero) is 1. The molecule has 0 bridgehead atoms. The number of hydrogen-bond donors (Lipinski definition) is 2. The summed E-state index contributed by atoms with van der Waals surface area (Å²) in [5, 5.41) is 5.59. The van der Waals surface area contributed by atoms with Crippen LogP contribution in [0.3, 0.4) is 0 Å². The molecular weight excluding hydrogens is 476 g/mol. The van der Waals surface area contributed by atoms with Crippen LogP contribution in [-0.4, -0.2) is 42.7 Å². The van der Waals surface area contributed by atoms with Gasteiger partial charge in [-0.25, -0.2) is 9.79 Å². The zero-order valence-electron chi connectivity index (χ0n) is 21.9. The average Bonchev–Trinajstić information content (AvgIpc) is 3.04. The second-order valence-corrected chi connectivity index (χ2v) is 9.39. The van der Waals surface area contributed by atoms with Crippen molar-refractivity contribution in [2.45, 2.75) is 45.7 Å². The molecule has 0 fully saturated rings. The van der Waals surface area contributed by atoms with Gasteiger partial charge in [-0.05, 0) is 25.0 Å². The van der Waals surface area contributed by atoms with Crippen molar-refractivity contribution in [3.05, 3.63) is 101 Å². The molecule has 0 saturated carbocycles. The molecule has 1 aliphatic heterocycles. The van der Waals surface area contributed by atoms with Crippen molar-refractivity contribution in [1.82, 2.24) is 10.6 Å². The lowest BCUT2D eigenvalue weighted by Gasteiger charge is -2.25. The highest BCUT2D eigenvalue weighted by molar-refractivity contribution is 6.21. The van der Waals surface area contributed by atoms with Gasteiger partial charge in [0.05, 0.1) is 17.9 Å². The molecule has 1 atom stereocenters. The van der Waals surface area contributed by atoms with E-state index in [0.717, 1.165) is 36.8 Å². The molecule has 0 aliphatic carbocycles. The largest absolute Gasteiger partial charge is 0.338 e. The number of amides is 3. The highest BCUT2D eigenvalue weighted by Gasteiger charge is 2.34. The molecule has 4 rings (SSSR count). The van der Waals surface area contributed by atoms with Crippen LogP contribution >= 0.6 is 0 Å². The molecule has 1 aliphatic rings. The molecule has 1 unspecified atom stereocenters. The molecule has 3 aromatic carbocycles. The van der Waals surface area contributed by atoms with Crippen molar-refractivity contribution >= 4 is 29.1 Å². The summed E-state index contributed by atoms with van der Waals surface area (Å²) in [5.74, 6) is -0.653. The monoisotopic (exact) mass is 510 g/mol. The molecule has 3 aromatic rings. The number of aryl methyl sites for hydroxylation is 1. The van der Waals surface area contributed by atoms with Crippen LogP contribution in [0, 0.1) is 6.92 Å². The van der Waals surface area contributed by atoms with Gasteiger partial charge in [0.1, 0.15) is 0 Å². The van der Waals surface area contributed by atoms with E-state index in [-0.39, 0.29) is 12.3 Å². The number of hydrogen-bond acceptors (Lipinski definition) is 4. The number of aliphatic imine (C=N–C) groups is 1. The van der Waals surface area contributed by atoms with Crippen molar-refractivity contribution in [3.8, 4) is 0 Å². The number of ketones is 1. The Hall–Kier alpha value is -4.26. The van der Waals surface area contributed by atoms with E-state index in [1.54, 1.807) is 6.07 Å². The Kier molecular flexibility index (Phi) is 9.03. The van der Waals surface area contributed by atoms with Gasteiger partial charge in [0.25, 0.3) is 5.91 Å². The van der Waals surface area contributed by atoms with Crippen LogP contribution in [0.15, 0.2) is 83.9 Å². The maximum absolute atomic E-state index is 13.9. The van der Waals surface area contributed by atoms with Crippen molar-refractivity contribution in [2.75, 3.05) is 18.0 Å². The SMILES string of the molecule is CCCCCCNC(=O)NC1N=C(c2ccccc2)c2ccccc2N(CC(=O)c2ccccc2C)C1=O. The number of carbonyl (C=O) groups excluding carboxylic acids is 3. The molecule has 0 aromatic heterocycles. The number of nitrogens with zero attached hydrogens (tertiary/aromatic N) is 2. The zero-order valence-corrected chi connectivity index (χ0v) is 21.9. The Morgan fingerprint density at radius 2 is 1.61 bits per heavy atom. The molecule has 0 saturated heterocycles. The number of unbranched alkanes of at least 4 members (excludes halogenated alkanes) is 3. The van der Waals surface area contributed by atoms with Crippen molar-refractivity contribution in [2.24, 2.45) is 4.99 Å². The first-order chi connectivity index (χ1) is 18.5. The molecule has 196 valence electrons. The minimum Gasteiger partial charge on any atom is -0.338 e. The van der Waals surface area contributed by atoms with E-state index in [1.807, 2.05) is 79.7 Å². The fourth-order valence-electron chi connectivity index (χ4n) is 4.56. The Balaban J connectivity index is 1.68. The van der Waals surface area contributed by atoms with E-state index in [2.05, 4.69) is 17.6 Å². The fourth-order valence-corrected chi connectivity index (χ4v) is 4.56. The van der Waals surface area contributed by atoms with Gasteiger partial charge in [0.2, 0.25) is 6.17 Å². The van der Waals surface area contributed by atoms with Gasteiger partial charge in [0, 0.05) is 23.2 Å². The van der Waals surface area contributed by atoms with Gasteiger partial charge < -0.3 is 15.5 Å². The number of benzodiazepines with no additional fused rings is 1. The quantitative estimate of drug-likeness (QED) is 0.288. The summed E-state index contributed by atoms with van der Waals surface area (Å²) in [6.07, 6.45) is 2.91. The van der Waals surface area contributed by atoms with Gasteiger partial charge in [-0.2, -0.15) is 0 Å². The summed E-state index contributed by atoms with van der Waals surface area (Å²) >= 11 is 0. The molecule has 7 heteroatoms. The van der Waals surface area contributed by atoms with Crippen LogP contribution in [0.1, 0.15) is 59.7 Å². The van der Waals surface area contributed by atoms with Crippen LogP contribution < -0.4 is 15.5 Å². The zero-order chi connectivity index (χ0) is 26.9. The maximum Gasteiger partial charge on any atom is 0.316 e. The number of anilines is 1. The molecule has 3 amide bonds.